The van der Waals surface area contributed by atoms with Gasteiger partial charge in [0.05, 0.1) is 24.9 Å². The third kappa shape index (κ3) is 4.05. The van der Waals surface area contributed by atoms with Crippen LogP contribution in [0.2, 0.25) is 0 Å². The topological polar surface area (TPSA) is 38.7 Å². The Morgan fingerprint density at radius 1 is 1.25 bits per heavy atom. The quantitative estimate of drug-likeness (QED) is 0.918. The highest BCUT2D eigenvalue weighted by atomic mass is 16.5. The van der Waals surface area contributed by atoms with Crippen LogP contribution in [-0.2, 0) is 9.47 Å². The van der Waals surface area contributed by atoms with Gasteiger partial charge in [-0.3, -0.25) is 0 Å². The molecule has 1 heterocycles. The Morgan fingerprint density at radius 3 is 2.50 bits per heavy atom. The average Bonchev–Trinajstić information content (AvgIpc) is 2.35. The van der Waals surface area contributed by atoms with E-state index >= 15 is 0 Å². The van der Waals surface area contributed by atoms with Crippen molar-refractivity contribution in [3.05, 3.63) is 34.9 Å². The van der Waals surface area contributed by atoms with Crippen LogP contribution in [0, 0.1) is 13.8 Å². The summed E-state index contributed by atoms with van der Waals surface area (Å²) in [5, 5.41) is 10.3. The summed E-state index contributed by atoms with van der Waals surface area (Å²) < 4.78 is 11.6. The Kier molecular flexibility index (Phi) is 5.19. The van der Waals surface area contributed by atoms with E-state index < -0.39 is 6.10 Å². The Balaban J connectivity index is 1.90. The molecule has 20 heavy (non-hydrogen) atoms. The molecule has 0 aromatic heterocycles. The predicted octanol–water partition coefficient (Wildman–Crippen LogP) is 3.31. The van der Waals surface area contributed by atoms with Gasteiger partial charge in [0.2, 0.25) is 0 Å². The molecule has 1 aliphatic heterocycles. The number of aliphatic hydroxyl groups excluding tert-OH is 1. The van der Waals surface area contributed by atoms with Crippen molar-refractivity contribution in [2.45, 2.75) is 65.0 Å². The normalized spacial score (nSPS) is 28.4. The number of ether oxygens (including phenoxy) is 2. The lowest BCUT2D eigenvalue weighted by molar-refractivity contribution is -0.114. The average molecular weight is 278 g/mol. The zero-order chi connectivity index (χ0) is 14.7. The maximum absolute atomic E-state index is 10.3. The second-order valence-electron chi connectivity index (χ2n) is 6.06. The minimum Gasteiger partial charge on any atom is -0.386 e. The third-order valence-electron chi connectivity index (χ3n) is 3.93. The van der Waals surface area contributed by atoms with Crippen LogP contribution in [0.15, 0.2) is 18.2 Å². The molecule has 1 aliphatic rings. The molecule has 1 saturated heterocycles. The molecule has 0 bridgehead atoms. The fourth-order valence-corrected chi connectivity index (χ4v) is 3.00. The van der Waals surface area contributed by atoms with Crippen molar-refractivity contribution in [1.29, 1.82) is 0 Å². The van der Waals surface area contributed by atoms with Crippen molar-refractivity contribution in [3.8, 4) is 0 Å². The molecular weight excluding hydrogens is 252 g/mol. The van der Waals surface area contributed by atoms with Crippen LogP contribution in [0.3, 0.4) is 0 Å². The molecular formula is C17H26O3. The predicted molar refractivity (Wildman–Crippen MR) is 79.9 cm³/mol. The second kappa shape index (κ2) is 6.70. The molecule has 1 aromatic carbocycles. The molecule has 1 aromatic rings. The molecule has 2 rings (SSSR count). The molecule has 0 radical (unpaired) electrons. The summed E-state index contributed by atoms with van der Waals surface area (Å²) in [5.74, 6) is 0. The van der Waals surface area contributed by atoms with Crippen LogP contribution in [0.4, 0.5) is 0 Å². The summed E-state index contributed by atoms with van der Waals surface area (Å²) in [5.41, 5.74) is 3.30. The molecule has 0 saturated carbocycles. The Bertz CT molecular complexity index is 434. The maximum atomic E-state index is 10.3. The first kappa shape index (κ1) is 15.5. The minimum atomic E-state index is -0.552. The molecule has 0 amide bonds. The summed E-state index contributed by atoms with van der Waals surface area (Å²) in [7, 11) is 0. The van der Waals surface area contributed by atoms with Gasteiger partial charge < -0.3 is 14.6 Å². The third-order valence-corrected chi connectivity index (χ3v) is 3.93. The summed E-state index contributed by atoms with van der Waals surface area (Å²) in [4.78, 5) is 0. The fourth-order valence-electron chi connectivity index (χ4n) is 3.00. The summed E-state index contributed by atoms with van der Waals surface area (Å²) >= 11 is 0. The molecule has 1 N–H and O–H groups in total. The van der Waals surface area contributed by atoms with E-state index in [1.54, 1.807) is 0 Å². The standard InChI is InChI=1S/C17H26O3/c1-11-5-6-16(12(2)7-11)17(18)10-19-15-8-13(3)20-14(4)9-15/h5-7,13-15,17-18H,8-10H2,1-4H3. The molecule has 3 heteroatoms. The van der Waals surface area contributed by atoms with Crippen molar-refractivity contribution in [3.63, 3.8) is 0 Å². The molecule has 3 atom stereocenters. The van der Waals surface area contributed by atoms with Gasteiger partial charge in [-0.1, -0.05) is 23.8 Å². The van der Waals surface area contributed by atoms with Crippen molar-refractivity contribution in [1.82, 2.24) is 0 Å². The highest BCUT2D eigenvalue weighted by molar-refractivity contribution is 5.31. The van der Waals surface area contributed by atoms with Gasteiger partial charge in [-0.05, 0) is 51.7 Å². The first-order valence-electron chi connectivity index (χ1n) is 7.48. The van der Waals surface area contributed by atoms with Crippen molar-refractivity contribution >= 4 is 0 Å². The lowest BCUT2D eigenvalue weighted by Gasteiger charge is -2.32. The fraction of sp³-hybridized carbons (Fsp3) is 0.647. The van der Waals surface area contributed by atoms with E-state index in [0.29, 0.717) is 6.61 Å². The molecule has 1 fully saturated rings. The molecule has 3 nitrogen and oxygen atoms in total. The van der Waals surface area contributed by atoms with Gasteiger partial charge in [0.25, 0.3) is 0 Å². The maximum Gasteiger partial charge on any atom is 0.103 e. The van der Waals surface area contributed by atoms with E-state index in [2.05, 4.69) is 26.8 Å². The van der Waals surface area contributed by atoms with Gasteiger partial charge in [0.15, 0.2) is 0 Å². The molecule has 3 unspecified atom stereocenters. The van der Waals surface area contributed by atoms with Gasteiger partial charge >= 0.3 is 0 Å². The van der Waals surface area contributed by atoms with Crippen LogP contribution in [0.1, 0.15) is 49.5 Å². The van der Waals surface area contributed by atoms with Crippen LogP contribution in [0.5, 0.6) is 0 Å². The van der Waals surface area contributed by atoms with Crippen molar-refractivity contribution in [2.24, 2.45) is 0 Å². The van der Waals surface area contributed by atoms with Gasteiger partial charge in [-0.2, -0.15) is 0 Å². The molecule has 0 spiro atoms. The highest BCUT2D eigenvalue weighted by Crippen LogP contribution is 2.24. The van der Waals surface area contributed by atoms with Crippen molar-refractivity contribution < 1.29 is 14.6 Å². The zero-order valence-corrected chi connectivity index (χ0v) is 12.9. The lowest BCUT2D eigenvalue weighted by atomic mass is 10.0. The van der Waals surface area contributed by atoms with Gasteiger partial charge in [0.1, 0.15) is 6.10 Å². The zero-order valence-electron chi connectivity index (χ0n) is 12.9. The van der Waals surface area contributed by atoms with E-state index in [0.717, 1.165) is 24.0 Å². The van der Waals surface area contributed by atoms with Gasteiger partial charge in [0, 0.05) is 0 Å². The minimum absolute atomic E-state index is 0.189. The first-order chi connectivity index (χ1) is 9.45. The number of benzene rings is 1. The Hall–Kier alpha value is -0.900. The summed E-state index contributed by atoms with van der Waals surface area (Å²) in [6.45, 7) is 8.60. The molecule has 112 valence electrons. The van der Waals surface area contributed by atoms with E-state index in [1.165, 1.54) is 5.56 Å². The smallest absolute Gasteiger partial charge is 0.103 e. The van der Waals surface area contributed by atoms with E-state index in [-0.39, 0.29) is 18.3 Å². The number of hydrogen-bond acceptors (Lipinski definition) is 3. The van der Waals surface area contributed by atoms with Crippen LogP contribution < -0.4 is 0 Å². The summed E-state index contributed by atoms with van der Waals surface area (Å²) in [6, 6.07) is 6.12. The Morgan fingerprint density at radius 2 is 1.90 bits per heavy atom. The Labute approximate surface area is 121 Å². The van der Waals surface area contributed by atoms with E-state index in [9.17, 15) is 5.11 Å². The van der Waals surface area contributed by atoms with Crippen LogP contribution in [0.25, 0.3) is 0 Å². The van der Waals surface area contributed by atoms with Crippen molar-refractivity contribution in [2.75, 3.05) is 6.61 Å². The van der Waals surface area contributed by atoms with Gasteiger partial charge in [-0.15, -0.1) is 0 Å². The number of rotatable bonds is 4. The SMILES string of the molecule is Cc1ccc(C(O)COC2CC(C)OC(C)C2)c(C)c1. The van der Waals surface area contributed by atoms with E-state index in [1.807, 2.05) is 19.1 Å². The second-order valence-corrected chi connectivity index (χ2v) is 6.06. The number of aryl methyl sites for hydroxylation is 2. The number of hydrogen-bond donors (Lipinski definition) is 1. The first-order valence-corrected chi connectivity index (χ1v) is 7.48. The summed E-state index contributed by atoms with van der Waals surface area (Å²) in [6.07, 6.45) is 1.93. The highest BCUT2D eigenvalue weighted by Gasteiger charge is 2.25. The molecule has 0 aliphatic carbocycles. The van der Waals surface area contributed by atoms with Gasteiger partial charge in [-0.25, -0.2) is 0 Å². The monoisotopic (exact) mass is 278 g/mol. The lowest BCUT2D eigenvalue weighted by Crippen LogP contribution is -2.34. The number of aliphatic hydroxyl groups is 1. The van der Waals surface area contributed by atoms with Crippen LogP contribution >= 0.6 is 0 Å². The largest absolute Gasteiger partial charge is 0.386 e. The van der Waals surface area contributed by atoms with E-state index in [4.69, 9.17) is 9.47 Å². The van der Waals surface area contributed by atoms with Crippen LogP contribution in [-0.4, -0.2) is 30.0 Å².